The van der Waals surface area contributed by atoms with E-state index < -0.39 is 0 Å². The molecule has 0 spiro atoms. The van der Waals surface area contributed by atoms with E-state index in [-0.39, 0.29) is 0 Å². The van der Waals surface area contributed by atoms with Gasteiger partial charge >= 0.3 is 0 Å². The fourth-order valence-electron chi connectivity index (χ4n) is 10.4. The van der Waals surface area contributed by atoms with Crippen LogP contribution in [0.1, 0.15) is 16.7 Å². The summed E-state index contributed by atoms with van der Waals surface area (Å²) in [6, 6.07) is 84.3. The molecule has 0 aliphatic carbocycles. The standard InChI is InChI=1S/C66H38N8/c67-39-42-13-9-16-45(33-42)48-19-12-20-51(36-48)64-70-65(56-31-29-49(46-17-10-14-43(34-46)40-68)37-62(56)73-58-25-5-1-21-52(58)53-22-2-6-26-59(53)73)72-66(71-64)57-32-30-50(47-18-11-15-44(35-47)41-69)38-63(57)74-60-27-7-3-23-54(60)55-24-4-8-28-61(55)74/h1-38H. The Morgan fingerprint density at radius 2 is 0.581 bits per heavy atom. The van der Waals surface area contributed by atoms with E-state index in [2.05, 4.69) is 167 Å². The molecule has 0 unspecified atom stereocenters. The Morgan fingerprint density at radius 3 is 0.959 bits per heavy atom. The summed E-state index contributed by atoms with van der Waals surface area (Å²) >= 11 is 0. The van der Waals surface area contributed by atoms with Crippen LogP contribution in [0.4, 0.5) is 0 Å². The van der Waals surface area contributed by atoms with Crippen LogP contribution in [-0.2, 0) is 0 Å². The van der Waals surface area contributed by atoms with Gasteiger partial charge in [-0.05, 0) is 124 Å². The van der Waals surface area contributed by atoms with E-state index in [0.29, 0.717) is 34.2 Å². The van der Waals surface area contributed by atoms with Crippen LogP contribution in [0.15, 0.2) is 231 Å². The quantitative estimate of drug-likeness (QED) is 0.150. The molecule has 13 rings (SSSR count). The van der Waals surface area contributed by atoms with Gasteiger partial charge in [-0.15, -0.1) is 0 Å². The first-order chi connectivity index (χ1) is 36.5. The Morgan fingerprint density at radius 1 is 0.270 bits per heavy atom. The van der Waals surface area contributed by atoms with Crippen molar-refractivity contribution in [3.8, 4) is 97.1 Å². The van der Waals surface area contributed by atoms with E-state index in [9.17, 15) is 15.8 Å². The van der Waals surface area contributed by atoms with Gasteiger partial charge in [-0.1, -0.05) is 140 Å². The molecule has 342 valence electrons. The van der Waals surface area contributed by atoms with Gasteiger partial charge in [-0.2, -0.15) is 15.8 Å². The minimum absolute atomic E-state index is 0.454. The third-order valence-corrected chi connectivity index (χ3v) is 13.9. The van der Waals surface area contributed by atoms with Gasteiger partial charge in [0.2, 0.25) is 0 Å². The number of rotatable bonds is 8. The maximum atomic E-state index is 9.96. The normalized spacial score (nSPS) is 11.2. The summed E-state index contributed by atoms with van der Waals surface area (Å²) in [6.07, 6.45) is 0. The molecule has 8 heteroatoms. The first kappa shape index (κ1) is 43.3. The molecule has 0 bridgehead atoms. The zero-order chi connectivity index (χ0) is 49.7. The summed E-state index contributed by atoms with van der Waals surface area (Å²) in [6.45, 7) is 0. The maximum absolute atomic E-state index is 9.96. The smallest absolute Gasteiger partial charge is 0.166 e. The summed E-state index contributed by atoms with van der Waals surface area (Å²) in [7, 11) is 0. The lowest BCUT2D eigenvalue weighted by Crippen LogP contribution is -2.06. The minimum Gasteiger partial charge on any atom is -0.308 e. The van der Waals surface area contributed by atoms with Crippen molar-refractivity contribution in [3.63, 3.8) is 0 Å². The number of benzene rings is 10. The number of para-hydroxylation sites is 4. The van der Waals surface area contributed by atoms with Crippen LogP contribution in [0.25, 0.3) is 123 Å². The Labute approximate surface area is 425 Å². The van der Waals surface area contributed by atoms with Crippen LogP contribution in [0.2, 0.25) is 0 Å². The first-order valence-corrected chi connectivity index (χ1v) is 24.2. The van der Waals surface area contributed by atoms with Crippen molar-refractivity contribution in [2.45, 2.75) is 0 Å². The molecular weight excluding hydrogens is 905 g/mol. The Hall–Kier alpha value is -10.7. The van der Waals surface area contributed by atoms with Crippen LogP contribution in [0.5, 0.6) is 0 Å². The molecule has 13 aromatic rings. The largest absolute Gasteiger partial charge is 0.308 e. The average Bonchev–Trinajstić information content (AvgIpc) is 4.03. The molecule has 0 aliphatic rings. The maximum Gasteiger partial charge on any atom is 0.166 e. The van der Waals surface area contributed by atoms with E-state index in [1.54, 1.807) is 6.07 Å². The number of hydrogen-bond acceptors (Lipinski definition) is 6. The van der Waals surface area contributed by atoms with Crippen LogP contribution >= 0.6 is 0 Å². The minimum atomic E-state index is 0.454. The second kappa shape index (κ2) is 17.9. The van der Waals surface area contributed by atoms with Gasteiger partial charge in [0.05, 0.1) is 68.3 Å². The summed E-state index contributed by atoms with van der Waals surface area (Å²) in [5.74, 6) is 1.37. The molecular formula is C66H38N8. The summed E-state index contributed by atoms with van der Waals surface area (Å²) in [5.41, 5.74) is 15.2. The van der Waals surface area contributed by atoms with Gasteiger partial charge in [0.1, 0.15) is 0 Å². The summed E-state index contributed by atoms with van der Waals surface area (Å²) < 4.78 is 4.58. The first-order valence-electron chi connectivity index (χ1n) is 24.2. The molecule has 0 aliphatic heterocycles. The number of nitriles is 3. The molecule has 74 heavy (non-hydrogen) atoms. The van der Waals surface area contributed by atoms with Gasteiger partial charge in [-0.25, -0.2) is 15.0 Å². The molecule has 3 aromatic heterocycles. The zero-order valence-electron chi connectivity index (χ0n) is 39.5. The Kier molecular flexibility index (Phi) is 10.5. The lowest BCUT2D eigenvalue weighted by atomic mass is 9.99. The topological polar surface area (TPSA) is 120 Å². The molecule has 10 aromatic carbocycles. The second-order valence-electron chi connectivity index (χ2n) is 18.2. The van der Waals surface area contributed by atoms with Gasteiger partial charge in [0.15, 0.2) is 17.5 Å². The third-order valence-electron chi connectivity index (χ3n) is 13.9. The molecule has 8 nitrogen and oxygen atoms in total. The highest BCUT2D eigenvalue weighted by molar-refractivity contribution is 6.11. The molecule has 0 radical (unpaired) electrons. The van der Waals surface area contributed by atoms with Crippen LogP contribution in [-0.4, -0.2) is 24.1 Å². The molecule has 3 heterocycles. The Balaban J connectivity index is 1.12. The highest BCUT2D eigenvalue weighted by Gasteiger charge is 2.24. The number of fused-ring (bicyclic) bond motifs is 6. The number of nitrogens with zero attached hydrogens (tertiary/aromatic N) is 8. The average molecular weight is 943 g/mol. The SMILES string of the molecule is N#Cc1cccc(-c2cccc(-c3nc(-c4ccc(-c5cccc(C#N)c5)cc4-n4c5ccccc5c5ccccc54)nc(-c4ccc(-c5cccc(C#N)c5)cc4-n4c5ccccc5c5ccccc54)n3)c2)c1. The molecule has 0 N–H and O–H groups in total. The Bertz CT molecular complexity index is 4210. The van der Waals surface area contributed by atoms with Crippen molar-refractivity contribution in [1.82, 2.24) is 24.1 Å². The van der Waals surface area contributed by atoms with Crippen molar-refractivity contribution in [1.29, 1.82) is 15.8 Å². The monoisotopic (exact) mass is 942 g/mol. The molecule has 0 saturated carbocycles. The van der Waals surface area contributed by atoms with Crippen LogP contribution in [0, 0.1) is 34.0 Å². The van der Waals surface area contributed by atoms with E-state index in [1.807, 2.05) is 84.9 Å². The van der Waals surface area contributed by atoms with E-state index >= 15 is 0 Å². The molecule has 0 atom stereocenters. The fourth-order valence-corrected chi connectivity index (χ4v) is 10.4. The van der Waals surface area contributed by atoms with Gasteiger partial charge in [-0.3, -0.25) is 0 Å². The third kappa shape index (κ3) is 7.42. The molecule has 0 amide bonds. The van der Waals surface area contributed by atoms with Gasteiger partial charge in [0, 0.05) is 38.2 Å². The van der Waals surface area contributed by atoms with Crippen molar-refractivity contribution in [2.24, 2.45) is 0 Å². The fraction of sp³-hybridized carbons (Fsp3) is 0. The van der Waals surface area contributed by atoms with Crippen LogP contribution in [0.3, 0.4) is 0 Å². The highest BCUT2D eigenvalue weighted by Crippen LogP contribution is 2.41. The second-order valence-corrected chi connectivity index (χ2v) is 18.2. The zero-order valence-corrected chi connectivity index (χ0v) is 39.5. The van der Waals surface area contributed by atoms with Crippen molar-refractivity contribution in [3.05, 3.63) is 247 Å². The highest BCUT2D eigenvalue weighted by atomic mass is 15.1. The van der Waals surface area contributed by atoms with Gasteiger partial charge in [0.25, 0.3) is 0 Å². The lowest BCUT2D eigenvalue weighted by Gasteiger charge is -2.18. The number of aromatic nitrogens is 5. The van der Waals surface area contributed by atoms with E-state index in [0.717, 1.165) is 105 Å². The predicted octanol–water partition coefficient (Wildman–Crippen LogP) is 15.7. The van der Waals surface area contributed by atoms with E-state index in [4.69, 9.17) is 15.0 Å². The summed E-state index contributed by atoms with van der Waals surface area (Å²) in [5, 5.41) is 34.2. The van der Waals surface area contributed by atoms with Gasteiger partial charge < -0.3 is 9.13 Å². The molecule has 0 saturated heterocycles. The van der Waals surface area contributed by atoms with Crippen molar-refractivity contribution in [2.75, 3.05) is 0 Å². The predicted molar refractivity (Wildman–Crippen MR) is 295 cm³/mol. The van der Waals surface area contributed by atoms with E-state index in [1.165, 1.54) is 0 Å². The lowest BCUT2D eigenvalue weighted by molar-refractivity contribution is 1.06. The number of hydrogen-bond donors (Lipinski definition) is 0. The molecule has 0 fully saturated rings. The van der Waals surface area contributed by atoms with Crippen molar-refractivity contribution >= 4 is 43.6 Å². The van der Waals surface area contributed by atoms with Crippen molar-refractivity contribution < 1.29 is 0 Å². The summed E-state index contributed by atoms with van der Waals surface area (Å²) in [4.78, 5) is 16.4. The van der Waals surface area contributed by atoms with Crippen LogP contribution < -0.4 is 0 Å².